The quantitative estimate of drug-likeness (QED) is 0.431. The summed E-state index contributed by atoms with van der Waals surface area (Å²) in [6.45, 7) is 6.67. The molecule has 1 aliphatic rings. The Bertz CT molecular complexity index is 1240. The first kappa shape index (κ1) is 27.4. The maximum absolute atomic E-state index is 13.7. The van der Waals surface area contributed by atoms with Crippen LogP contribution in [0.1, 0.15) is 39.0 Å². The molecule has 2 atom stereocenters. The molecule has 2 amide bonds. The van der Waals surface area contributed by atoms with Gasteiger partial charge in [0.1, 0.15) is 11.8 Å². The average molecular weight is 515 g/mol. The van der Waals surface area contributed by atoms with Gasteiger partial charge in [-0.15, -0.1) is 0 Å². The summed E-state index contributed by atoms with van der Waals surface area (Å²) in [5.41, 5.74) is 10.9. The molecule has 3 aromatic carbocycles. The van der Waals surface area contributed by atoms with Crippen LogP contribution in [0.15, 0.2) is 72.8 Å². The number of carbonyl (C=O) groups is 2. The van der Waals surface area contributed by atoms with E-state index in [-0.39, 0.29) is 17.9 Å². The second-order valence-electron chi connectivity index (χ2n) is 9.99. The Morgan fingerprint density at radius 3 is 2.50 bits per heavy atom. The fourth-order valence-corrected chi connectivity index (χ4v) is 5.05. The molecule has 7 nitrogen and oxygen atoms in total. The first-order chi connectivity index (χ1) is 18.4. The number of amides is 2. The van der Waals surface area contributed by atoms with Crippen LogP contribution in [0.3, 0.4) is 0 Å². The summed E-state index contributed by atoms with van der Waals surface area (Å²) in [5.74, 6) is 0.522. The summed E-state index contributed by atoms with van der Waals surface area (Å²) >= 11 is 0. The highest BCUT2D eigenvalue weighted by Crippen LogP contribution is 2.28. The molecule has 1 saturated heterocycles. The van der Waals surface area contributed by atoms with E-state index in [2.05, 4.69) is 41.4 Å². The predicted octanol–water partition coefficient (Wildman–Crippen LogP) is 3.67. The molecule has 0 radical (unpaired) electrons. The average Bonchev–Trinajstić information content (AvgIpc) is 3.38. The molecule has 0 saturated carbocycles. The van der Waals surface area contributed by atoms with E-state index < -0.39 is 6.04 Å². The molecule has 1 aliphatic heterocycles. The molecule has 1 heterocycles. The maximum atomic E-state index is 13.7. The minimum atomic E-state index is -0.565. The number of nitrogens with zero attached hydrogens (tertiary/aromatic N) is 2. The molecule has 0 aliphatic carbocycles. The number of nitrogens with one attached hydrogen (secondary N) is 1. The third-order valence-corrected chi connectivity index (χ3v) is 7.26. The van der Waals surface area contributed by atoms with Gasteiger partial charge >= 0.3 is 0 Å². The molecule has 7 heteroatoms. The SMILES string of the molecule is COc1cccc(CN(Cc2ccccc2C)C2CC(C(=O)NCCN)N(C(=O)c3ccc(C)cc3)C2)c1. The van der Waals surface area contributed by atoms with Crippen molar-refractivity contribution in [1.82, 2.24) is 15.1 Å². The highest BCUT2D eigenvalue weighted by Gasteiger charge is 2.42. The Hall–Kier alpha value is -3.68. The van der Waals surface area contributed by atoms with E-state index in [0.717, 1.165) is 16.9 Å². The summed E-state index contributed by atoms with van der Waals surface area (Å²) in [5, 5.41) is 2.91. The van der Waals surface area contributed by atoms with Gasteiger partial charge < -0.3 is 20.7 Å². The molecular weight excluding hydrogens is 476 g/mol. The molecule has 2 unspecified atom stereocenters. The smallest absolute Gasteiger partial charge is 0.254 e. The number of rotatable bonds is 10. The molecule has 3 aromatic rings. The van der Waals surface area contributed by atoms with Crippen molar-refractivity contribution in [2.24, 2.45) is 5.73 Å². The first-order valence-electron chi connectivity index (χ1n) is 13.2. The van der Waals surface area contributed by atoms with Gasteiger partial charge in [-0.05, 0) is 61.2 Å². The van der Waals surface area contributed by atoms with Crippen LogP contribution in [0.5, 0.6) is 5.75 Å². The Kier molecular flexibility index (Phi) is 9.15. The van der Waals surface area contributed by atoms with Crippen LogP contribution in [0.4, 0.5) is 0 Å². The Morgan fingerprint density at radius 1 is 1.03 bits per heavy atom. The number of benzene rings is 3. The zero-order valence-corrected chi connectivity index (χ0v) is 22.5. The van der Waals surface area contributed by atoms with Gasteiger partial charge in [0.25, 0.3) is 5.91 Å². The van der Waals surface area contributed by atoms with Crippen LogP contribution >= 0.6 is 0 Å². The first-order valence-corrected chi connectivity index (χ1v) is 13.2. The Labute approximate surface area is 225 Å². The second-order valence-corrected chi connectivity index (χ2v) is 9.99. The highest BCUT2D eigenvalue weighted by atomic mass is 16.5. The monoisotopic (exact) mass is 514 g/mol. The molecule has 3 N–H and O–H groups in total. The minimum Gasteiger partial charge on any atom is -0.497 e. The van der Waals surface area contributed by atoms with E-state index in [0.29, 0.717) is 44.7 Å². The van der Waals surface area contributed by atoms with Crippen LogP contribution in [0.25, 0.3) is 0 Å². The molecule has 4 rings (SSSR count). The molecule has 0 spiro atoms. The topological polar surface area (TPSA) is 87.9 Å². The van der Waals surface area contributed by atoms with E-state index in [1.165, 1.54) is 11.1 Å². The van der Waals surface area contributed by atoms with Crippen molar-refractivity contribution in [1.29, 1.82) is 0 Å². The van der Waals surface area contributed by atoms with E-state index >= 15 is 0 Å². The van der Waals surface area contributed by atoms with Crippen molar-refractivity contribution in [3.63, 3.8) is 0 Å². The highest BCUT2D eigenvalue weighted by molar-refractivity contribution is 5.98. The van der Waals surface area contributed by atoms with Gasteiger partial charge in [-0.25, -0.2) is 0 Å². The number of likely N-dealkylation sites (tertiary alicyclic amines) is 1. The normalized spacial score (nSPS) is 17.0. The minimum absolute atomic E-state index is 0.0103. The Balaban J connectivity index is 1.65. The summed E-state index contributed by atoms with van der Waals surface area (Å²) in [4.78, 5) is 31.0. The van der Waals surface area contributed by atoms with Crippen LogP contribution in [-0.4, -0.2) is 60.4 Å². The summed E-state index contributed by atoms with van der Waals surface area (Å²) < 4.78 is 5.46. The van der Waals surface area contributed by atoms with Gasteiger partial charge in [-0.1, -0.05) is 54.1 Å². The van der Waals surface area contributed by atoms with Gasteiger partial charge in [0, 0.05) is 44.3 Å². The van der Waals surface area contributed by atoms with Gasteiger partial charge in [0.2, 0.25) is 5.91 Å². The number of carbonyl (C=O) groups excluding carboxylic acids is 2. The molecule has 0 aromatic heterocycles. The lowest BCUT2D eigenvalue weighted by Gasteiger charge is -2.30. The third-order valence-electron chi connectivity index (χ3n) is 7.26. The third kappa shape index (κ3) is 6.60. The van der Waals surface area contributed by atoms with E-state index in [1.54, 1.807) is 12.0 Å². The van der Waals surface area contributed by atoms with Crippen molar-refractivity contribution in [2.45, 2.75) is 45.4 Å². The standard InChI is InChI=1S/C31H38N4O3/c1-22-11-13-25(14-12-22)31(37)35-21-27(18-29(35)30(36)33-16-15-32)34(20-26-9-5-4-7-23(26)2)19-24-8-6-10-28(17-24)38-3/h4-14,17,27,29H,15-16,18-21,32H2,1-3H3,(H,33,36). The van der Waals surface area contributed by atoms with Crippen LogP contribution in [0, 0.1) is 13.8 Å². The van der Waals surface area contributed by atoms with Crippen LogP contribution in [-0.2, 0) is 17.9 Å². The van der Waals surface area contributed by atoms with E-state index in [4.69, 9.17) is 10.5 Å². The summed E-state index contributed by atoms with van der Waals surface area (Å²) in [6.07, 6.45) is 0.545. The van der Waals surface area contributed by atoms with Crippen molar-refractivity contribution >= 4 is 11.8 Å². The number of aryl methyl sites for hydroxylation is 2. The second kappa shape index (κ2) is 12.7. The van der Waals surface area contributed by atoms with Crippen molar-refractivity contribution in [3.8, 4) is 5.75 Å². The van der Waals surface area contributed by atoms with Crippen molar-refractivity contribution in [3.05, 3.63) is 101 Å². The summed E-state index contributed by atoms with van der Waals surface area (Å²) in [7, 11) is 1.67. The molecule has 0 bridgehead atoms. The van der Waals surface area contributed by atoms with Gasteiger partial charge in [0.05, 0.1) is 7.11 Å². The van der Waals surface area contributed by atoms with Gasteiger partial charge in [-0.3, -0.25) is 14.5 Å². The maximum Gasteiger partial charge on any atom is 0.254 e. The fourth-order valence-electron chi connectivity index (χ4n) is 5.05. The largest absolute Gasteiger partial charge is 0.497 e. The fraction of sp³-hybridized carbons (Fsp3) is 0.355. The van der Waals surface area contributed by atoms with Gasteiger partial charge in [-0.2, -0.15) is 0 Å². The number of methoxy groups -OCH3 is 1. The zero-order chi connectivity index (χ0) is 27.1. The van der Waals surface area contributed by atoms with Crippen LogP contribution < -0.4 is 15.8 Å². The lowest BCUT2D eigenvalue weighted by molar-refractivity contribution is -0.124. The number of hydrogen-bond donors (Lipinski definition) is 2. The molecular formula is C31H38N4O3. The predicted molar refractivity (Wildman–Crippen MR) is 150 cm³/mol. The number of nitrogens with two attached hydrogens (primary N) is 1. The van der Waals surface area contributed by atoms with Crippen molar-refractivity contribution < 1.29 is 14.3 Å². The number of hydrogen-bond acceptors (Lipinski definition) is 5. The molecule has 1 fully saturated rings. The van der Waals surface area contributed by atoms with Crippen LogP contribution in [0.2, 0.25) is 0 Å². The molecule has 200 valence electrons. The number of ether oxygens (including phenoxy) is 1. The van der Waals surface area contributed by atoms with Crippen molar-refractivity contribution in [2.75, 3.05) is 26.7 Å². The Morgan fingerprint density at radius 2 is 1.79 bits per heavy atom. The van der Waals surface area contributed by atoms with E-state index in [9.17, 15) is 9.59 Å². The zero-order valence-electron chi connectivity index (χ0n) is 22.5. The lowest BCUT2D eigenvalue weighted by Crippen LogP contribution is -2.47. The summed E-state index contributed by atoms with van der Waals surface area (Å²) in [6, 6.07) is 23.4. The van der Waals surface area contributed by atoms with E-state index in [1.807, 2.05) is 55.5 Å². The van der Waals surface area contributed by atoms with Gasteiger partial charge in [0.15, 0.2) is 0 Å². The lowest BCUT2D eigenvalue weighted by atomic mass is 10.0. The molecule has 38 heavy (non-hydrogen) atoms.